The van der Waals surface area contributed by atoms with Crippen LogP contribution in [0.2, 0.25) is 0 Å². The summed E-state index contributed by atoms with van der Waals surface area (Å²) < 4.78 is 52.5. The van der Waals surface area contributed by atoms with Crippen LogP contribution in [0.5, 0.6) is 5.75 Å². The Balaban J connectivity index is 0.000000587. The highest BCUT2D eigenvalue weighted by Gasteiger charge is 2.38. The summed E-state index contributed by atoms with van der Waals surface area (Å²) in [6.45, 7) is 8.62. The number of aliphatic carboxylic acids is 2. The molecular formula is C29H31F4N3O5. The predicted octanol–water partition coefficient (Wildman–Crippen LogP) is 5.58. The van der Waals surface area contributed by atoms with E-state index < -0.39 is 23.9 Å². The van der Waals surface area contributed by atoms with Crippen LogP contribution in [-0.4, -0.2) is 56.3 Å². The van der Waals surface area contributed by atoms with Crippen LogP contribution in [0.1, 0.15) is 41.3 Å². The van der Waals surface area contributed by atoms with Gasteiger partial charge in [-0.25, -0.2) is 19.2 Å². The third kappa shape index (κ3) is 8.97. The lowest BCUT2D eigenvalue weighted by Crippen LogP contribution is -2.35. The number of benzene rings is 2. The molecule has 0 aliphatic carbocycles. The number of aryl methyl sites for hydroxylation is 1. The molecule has 220 valence electrons. The van der Waals surface area contributed by atoms with Crippen LogP contribution in [0, 0.1) is 25.6 Å². The van der Waals surface area contributed by atoms with Crippen LogP contribution in [-0.2, 0) is 29.2 Å². The van der Waals surface area contributed by atoms with Gasteiger partial charge in [-0.1, -0.05) is 25.1 Å². The number of ether oxygens (including phenoxy) is 1. The van der Waals surface area contributed by atoms with Gasteiger partial charge in [0.2, 0.25) is 0 Å². The molecule has 8 nitrogen and oxygen atoms in total. The number of hydrogen-bond acceptors (Lipinski definition) is 6. The van der Waals surface area contributed by atoms with E-state index in [0.29, 0.717) is 36.8 Å². The molecular weight excluding hydrogens is 546 g/mol. The molecule has 1 aliphatic heterocycles. The van der Waals surface area contributed by atoms with Gasteiger partial charge in [0.1, 0.15) is 18.2 Å². The van der Waals surface area contributed by atoms with Crippen molar-refractivity contribution >= 4 is 11.9 Å². The summed E-state index contributed by atoms with van der Waals surface area (Å²) >= 11 is 0. The lowest BCUT2D eigenvalue weighted by molar-refractivity contribution is -0.192. The minimum Gasteiger partial charge on any atom is -0.489 e. The molecule has 0 fully saturated rings. The van der Waals surface area contributed by atoms with E-state index in [1.807, 2.05) is 19.1 Å². The van der Waals surface area contributed by atoms with E-state index in [-0.39, 0.29) is 12.3 Å². The first-order chi connectivity index (χ1) is 19.2. The Labute approximate surface area is 234 Å². The summed E-state index contributed by atoms with van der Waals surface area (Å²) in [5.74, 6) is -3.05. The molecule has 4 rings (SSSR count). The Kier molecular flexibility index (Phi) is 10.4. The largest absolute Gasteiger partial charge is 0.490 e. The third-order valence-electron chi connectivity index (χ3n) is 6.64. The van der Waals surface area contributed by atoms with E-state index in [1.165, 1.54) is 17.2 Å². The molecule has 0 saturated heterocycles. The number of carboxylic acid groups (broad SMARTS) is 2. The Morgan fingerprint density at radius 1 is 1.15 bits per heavy atom. The number of fused-ring (bicyclic) bond motifs is 1. The Hall–Kier alpha value is -4.06. The predicted molar refractivity (Wildman–Crippen MR) is 142 cm³/mol. The highest BCUT2D eigenvalue weighted by Crippen LogP contribution is 2.27. The molecule has 1 atom stereocenters. The molecule has 2 heterocycles. The molecule has 1 unspecified atom stereocenters. The summed E-state index contributed by atoms with van der Waals surface area (Å²) in [5.41, 5.74) is 5.73. The lowest BCUT2D eigenvalue weighted by Gasteiger charge is -2.29. The maximum atomic E-state index is 14.9. The molecule has 3 aromatic rings. The van der Waals surface area contributed by atoms with E-state index >= 15 is 0 Å². The zero-order valence-electron chi connectivity index (χ0n) is 22.8. The van der Waals surface area contributed by atoms with E-state index in [0.717, 1.165) is 29.8 Å². The van der Waals surface area contributed by atoms with Crippen molar-refractivity contribution < 1.29 is 42.1 Å². The molecule has 0 radical (unpaired) electrons. The normalized spacial score (nSPS) is 13.9. The van der Waals surface area contributed by atoms with Crippen molar-refractivity contribution in [3.8, 4) is 17.1 Å². The number of hydrogen-bond donors (Lipinski definition) is 2. The molecule has 0 bridgehead atoms. The monoisotopic (exact) mass is 577 g/mol. The quantitative estimate of drug-likeness (QED) is 0.334. The molecule has 2 N–H and O–H groups in total. The van der Waals surface area contributed by atoms with Crippen molar-refractivity contribution in [3.63, 3.8) is 0 Å². The van der Waals surface area contributed by atoms with Gasteiger partial charge in [-0.2, -0.15) is 13.2 Å². The highest BCUT2D eigenvalue weighted by molar-refractivity contribution is 5.73. The van der Waals surface area contributed by atoms with Crippen LogP contribution in [0.15, 0.2) is 42.6 Å². The van der Waals surface area contributed by atoms with E-state index in [2.05, 4.69) is 34.8 Å². The lowest BCUT2D eigenvalue weighted by atomic mass is 10.0. The summed E-state index contributed by atoms with van der Waals surface area (Å²) in [7, 11) is 0. The topological polar surface area (TPSA) is 113 Å². The molecule has 1 aliphatic rings. The number of alkyl halides is 3. The first-order valence-corrected chi connectivity index (χ1v) is 12.8. The molecule has 2 aromatic carbocycles. The molecule has 0 amide bonds. The third-order valence-corrected chi connectivity index (χ3v) is 6.64. The van der Waals surface area contributed by atoms with Crippen molar-refractivity contribution in [2.75, 3.05) is 13.1 Å². The fourth-order valence-corrected chi connectivity index (χ4v) is 4.36. The number of halogens is 4. The van der Waals surface area contributed by atoms with Gasteiger partial charge in [0, 0.05) is 50.3 Å². The zero-order valence-corrected chi connectivity index (χ0v) is 22.8. The zero-order chi connectivity index (χ0) is 30.3. The van der Waals surface area contributed by atoms with Gasteiger partial charge in [-0.3, -0.25) is 9.69 Å². The number of carbonyl (C=O) groups is 2. The van der Waals surface area contributed by atoms with Gasteiger partial charge in [0.25, 0.3) is 0 Å². The number of aromatic nitrogens is 2. The fourth-order valence-electron chi connectivity index (χ4n) is 4.36. The summed E-state index contributed by atoms with van der Waals surface area (Å²) in [5, 5.41) is 16.1. The number of nitrogens with zero attached hydrogens (tertiary/aromatic N) is 3. The van der Waals surface area contributed by atoms with Gasteiger partial charge in [-0.05, 0) is 48.6 Å². The summed E-state index contributed by atoms with van der Waals surface area (Å²) in [6, 6.07) is 10.9. The highest BCUT2D eigenvalue weighted by atomic mass is 19.4. The summed E-state index contributed by atoms with van der Waals surface area (Å²) in [6.07, 6.45) is -2.44. The number of rotatable bonds is 8. The Bertz CT molecular complexity index is 1400. The molecule has 41 heavy (non-hydrogen) atoms. The van der Waals surface area contributed by atoms with E-state index in [1.54, 1.807) is 18.3 Å². The first kappa shape index (κ1) is 31.5. The van der Waals surface area contributed by atoms with Crippen molar-refractivity contribution in [2.24, 2.45) is 5.92 Å². The van der Waals surface area contributed by atoms with Crippen LogP contribution >= 0.6 is 0 Å². The Morgan fingerprint density at radius 3 is 2.49 bits per heavy atom. The average Bonchev–Trinajstić information content (AvgIpc) is 2.88. The van der Waals surface area contributed by atoms with Crippen molar-refractivity contribution in [2.45, 2.75) is 52.9 Å². The minimum absolute atomic E-state index is 0.0731. The molecule has 0 saturated carbocycles. The fraction of sp³-hybridized carbons (Fsp3) is 0.379. The maximum Gasteiger partial charge on any atom is 0.490 e. The van der Waals surface area contributed by atoms with Gasteiger partial charge in [-0.15, -0.1) is 0 Å². The van der Waals surface area contributed by atoms with Gasteiger partial charge >= 0.3 is 18.1 Å². The first-order valence-electron chi connectivity index (χ1n) is 12.8. The van der Waals surface area contributed by atoms with Gasteiger partial charge in [0.05, 0.1) is 11.3 Å². The molecule has 1 aromatic heterocycles. The smallest absolute Gasteiger partial charge is 0.489 e. The van der Waals surface area contributed by atoms with E-state index in [9.17, 15) is 22.4 Å². The molecule has 0 spiro atoms. The number of carboxylic acids is 2. The van der Waals surface area contributed by atoms with Crippen molar-refractivity contribution in [3.05, 3.63) is 76.4 Å². The summed E-state index contributed by atoms with van der Waals surface area (Å²) in [4.78, 5) is 31.1. The molecule has 12 heteroatoms. The standard InChI is InChI=1S/C27H30FN3O3.C2HF3O2/c1-17(11-26(32)33)14-31-10-9-25-21(15-31)13-29-27(30-25)23-8-7-22(12-24(23)28)34-16-20-6-4-5-18(2)19(20)3;3-2(4,5)1(6)7/h4-8,12-13,17H,9-11,14-16H2,1-3H3,(H,32,33);(H,6,7). The van der Waals surface area contributed by atoms with Gasteiger partial charge < -0.3 is 14.9 Å². The van der Waals surface area contributed by atoms with Crippen LogP contribution in [0.4, 0.5) is 17.6 Å². The maximum absolute atomic E-state index is 14.9. The Morgan fingerprint density at radius 2 is 1.85 bits per heavy atom. The second kappa shape index (κ2) is 13.5. The second-order valence-electron chi connectivity index (χ2n) is 9.95. The van der Waals surface area contributed by atoms with Crippen molar-refractivity contribution in [1.29, 1.82) is 0 Å². The average molecular weight is 578 g/mol. The van der Waals surface area contributed by atoms with Crippen LogP contribution in [0.3, 0.4) is 0 Å². The van der Waals surface area contributed by atoms with E-state index in [4.69, 9.17) is 19.7 Å². The minimum atomic E-state index is -5.08. The van der Waals surface area contributed by atoms with Crippen LogP contribution < -0.4 is 4.74 Å². The van der Waals surface area contributed by atoms with Gasteiger partial charge in [0.15, 0.2) is 5.82 Å². The SMILES string of the molecule is Cc1cccc(COc2ccc(-c3ncc4c(n3)CCN(CC(C)CC(=O)O)C4)c(F)c2)c1C.O=C(O)C(F)(F)F. The van der Waals surface area contributed by atoms with Crippen molar-refractivity contribution in [1.82, 2.24) is 14.9 Å². The van der Waals surface area contributed by atoms with Crippen LogP contribution in [0.25, 0.3) is 11.4 Å². The second-order valence-corrected chi connectivity index (χ2v) is 9.95.